The van der Waals surface area contributed by atoms with Crippen LogP contribution in [0.4, 0.5) is 0 Å². The summed E-state index contributed by atoms with van der Waals surface area (Å²) in [6.07, 6.45) is -5.30. The smallest absolute Gasteiger partial charge is 0.230 e. The van der Waals surface area contributed by atoms with Gasteiger partial charge in [0.15, 0.2) is 17.2 Å². The molecule has 40 heavy (non-hydrogen) atoms. The average Bonchev–Trinajstić information content (AvgIpc) is 2.89. The van der Waals surface area contributed by atoms with Gasteiger partial charge in [-0.05, 0) is 28.9 Å². The molecule has 9 nitrogen and oxygen atoms in total. The van der Waals surface area contributed by atoms with Crippen molar-refractivity contribution in [3.05, 3.63) is 53.6 Å². The van der Waals surface area contributed by atoms with E-state index in [9.17, 15) is 39.9 Å². The number of phenolic OH excluding ortho intramolecular Hbond substituents is 1. The number of aliphatic hydroxyl groups is 4. The zero-order chi connectivity index (χ0) is 29.7. The molecule has 7 N–H and O–H groups in total. The van der Waals surface area contributed by atoms with Crippen LogP contribution in [0.15, 0.2) is 42.5 Å². The lowest BCUT2D eigenvalue weighted by molar-refractivity contribution is -0.306. The fourth-order valence-corrected chi connectivity index (χ4v) is 8.61. The second-order valence-corrected chi connectivity index (χ2v) is 12.6. The number of carbonyl (C=O) groups is 3. The molecule has 2 aromatic carbocycles. The monoisotopic (exact) mass is 551 g/mol. The number of hydrogen-bond acceptors (Lipinski definition) is 8. The van der Waals surface area contributed by atoms with Crippen molar-refractivity contribution < 1.29 is 39.9 Å². The van der Waals surface area contributed by atoms with Gasteiger partial charge in [0.05, 0.1) is 23.7 Å². The number of primary amides is 1. The van der Waals surface area contributed by atoms with Gasteiger partial charge >= 0.3 is 0 Å². The minimum absolute atomic E-state index is 0.0510. The summed E-state index contributed by atoms with van der Waals surface area (Å²) in [7, 11) is 0. The SMILES string of the molecule is CC(C)[C@H]1C(O)[C@@H](C(N)=O)C(=O)[C@]2(O)C(O)[C@H]3C(=O)c4c(ccc(-c5ccccc5)c4O)[C@@H](C)[C@]3(C)[C@@H](O)[C@]12C. The molecule has 2 unspecified atom stereocenters. The number of aromatic hydroxyl groups is 1. The maximum Gasteiger partial charge on any atom is 0.230 e. The number of Topliss-reactive ketones (excluding diaryl/α,β-unsaturated/α-hetero) is 2. The second-order valence-electron chi connectivity index (χ2n) is 12.6. The first-order valence-corrected chi connectivity index (χ1v) is 13.6. The van der Waals surface area contributed by atoms with Crippen LogP contribution in [-0.2, 0) is 9.59 Å². The fraction of sp³-hybridized carbons (Fsp3) is 0.516. The normalized spacial score (nSPS) is 40.8. The van der Waals surface area contributed by atoms with Crippen LogP contribution in [0, 0.1) is 34.5 Å². The molecular formula is C31H37NO8. The highest BCUT2D eigenvalue weighted by Crippen LogP contribution is 2.68. The molecule has 1 amide bonds. The molecule has 9 heteroatoms. The predicted octanol–water partition coefficient (Wildman–Crippen LogP) is 1.77. The van der Waals surface area contributed by atoms with Crippen LogP contribution < -0.4 is 5.73 Å². The van der Waals surface area contributed by atoms with Crippen molar-refractivity contribution in [2.24, 2.45) is 40.2 Å². The zero-order valence-corrected chi connectivity index (χ0v) is 23.2. The van der Waals surface area contributed by atoms with Gasteiger partial charge < -0.3 is 31.3 Å². The Balaban J connectivity index is 1.78. The number of carbonyl (C=O) groups excluding carboxylic acids is 3. The van der Waals surface area contributed by atoms with E-state index in [-0.39, 0.29) is 11.3 Å². The topological polar surface area (TPSA) is 178 Å². The van der Waals surface area contributed by atoms with Gasteiger partial charge in [0.1, 0.15) is 17.8 Å². The summed E-state index contributed by atoms with van der Waals surface area (Å²) in [5.41, 5.74) is 0.858. The van der Waals surface area contributed by atoms with Crippen LogP contribution in [-0.4, -0.2) is 66.9 Å². The van der Waals surface area contributed by atoms with Crippen LogP contribution in [0.5, 0.6) is 5.75 Å². The standard InChI is InChI=1S/C31H37NO8/c1-13(2)20-24(35)19(27(32)38)25(36)31(40)26(37)21-23(34)18-16(14(3)29(21,4)28(39)30(20,31)5)11-12-17(22(18)33)15-9-7-6-8-10-15/h6-14,19-21,24,26,28,33,35,37,39-40H,1-5H3,(H2,32,38)/t14-,19-,20+,21-,24?,26?,28-,29+,30+,31+/m1/s1. The molecule has 2 aromatic rings. The molecule has 2 fully saturated rings. The number of nitrogens with two attached hydrogens (primary N) is 1. The quantitative estimate of drug-likeness (QED) is 0.313. The zero-order valence-electron chi connectivity index (χ0n) is 23.2. The molecule has 3 aliphatic carbocycles. The van der Waals surface area contributed by atoms with Crippen LogP contribution in [0.25, 0.3) is 11.1 Å². The van der Waals surface area contributed by atoms with Crippen molar-refractivity contribution in [2.45, 2.75) is 64.4 Å². The van der Waals surface area contributed by atoms with E-state index in [4.69, 9.17) is 5.73 Å². The van der Waals surface area contributed by atoms with E-state index < -0.39 is 81.8 Å². The van der Waals surface area contributed by atoms with Crippen molar-refractivity contribution in [3.63, 3.8) is 0 Å². The minimum atomic E-state index is -2.80. The Hall–Kier alpha value is -3.11. The molecule has 0 saturated heterocycles. The van der Waals surface area contributed by atoms with E-state index in [1.54, 1.807) is 64.1 Å². The highest BCUT2D eigenvalue weighted by Gasteiger charge is 2.80. The third-order valence-corrected chi connectivity index (χ3v) is 10.7. The summed E-state index contributed by atoms with van der Waals surface area (Å²) in [6, 6.07) is 12.4. The lowest BCUT2D eigenvalue weighted by atomic mass is 9.36. The third-order valence-electron chi connectivity index (χ3n) is 10.7. The van der Waals surface area contributed by atoms with Crippen LogP contribution in [0.3, 0.4) is 0 Å². The molecule has 0 bridgehead atoms. The van der Waals surface area contributed by atoms with Gasteiger partial charge in [-0.15, -0.1) is 0 Å². The van der Waals surface area contributed by atoms with Crippen molar-refractivity contribution in [1.29, 1.82) is 0 Å². The number of hydrogen-bond donors (Lipinski definition) is 6. The Bertz CT molecular complexity index is 1410. The highest BCUT2D eigenvalue weighted by atomic mass is 16.4. The second kappa shape index (κ2) is 8.94. The van der Waals surface area contributed by atoms with E-state index in [1.165, 1.54) is 6.92 Å². The first-order chi connectivity index (χ1) is 18.6. The van der Waals surface area contributed by atoms with E-state index in [2.05, 4.69) is 0 Å². The Morgan fingerprint density at radius 3 is 2.15 bits per heavy atom. The van der Waals surface area contributed by atoms with Crippen molar-refractivity contribution in [2.75, 3.05) is 0 Å². The molecule has 3 aliphatic rings. The highest BCUT2D eigenvalue weighted by molar-refractivity contribution is 6.10. The van der Waals surface area contributed by atoms with Crippen LogP contribution >= 0.6 is 0 Å². The molecule has 0 heterocycles. The van der Waals surface area contributed by atoms with Crippen molar-refractivity contribution in [1.82, 2.24) is 0 Å². The fourth-order valence-electron chi connectivity index (χ4n) is 8.61. The molecule has 5 rings (SSSR count). The molecule has 10 atom stereocenters. The first kappa shape index (κ1) is 28.4. The van der Waals surface area contributed by atoms with E-state index in [1.807, 2.05) is 6.07 Å². The number of benzene rings is 2. The summed E-state index contributed by atoms with van der Waals surface area (Å²) >= 11 is 0. The third kappa shape index (κ3) is 3.14. The number of rotatable bonds is 3. The summed E-state index contributed by atoms with van der Waals surface area (Å²) in [4.78, 5) is 40.5. The molecule has 0 radical (unpaired) electrons. The number of phenols is 1. The first-order valence-electron chi connectivity index (χ1n) is 13.6. The molecule has 0 aromatic heterocycles. The number of aliphatic hydroxyl groups excluding tert-OH is 3. The number of ketones is 2. The molecule has 214 valence electrons. The Kier molecular flexibility index (Phi) is 6.35. The maximum atomic E-state index is 14.3. The maximum absolute atomic E-state index is 14.3. The van der Waals surface area contributed by atoms with Gasteiger partial charge in [-0.25, -0.2) is 0 Å². The van der Waals surface area contributed by atoms with Crippen LogP contribution in [0.2, 0.25) is 0 Å². The summed E-state index contributed by atoms with van der Waals surface area (Å²) in [5.74, 6) is -8.97. The molecule has 2 saturated carbocycles. The number of amides is 1. The Morgan fingerprint density at radius 2 is 1.60 bits per heavy atom. The predicted molar refractivity (Wildman–Crippen MR) is 145 cm³/mol. The van der Waals surface area contributed by atoms with Crippen molar-refractivity contribution in [3.8, 4) is 16.9 Å². The van der Waals surface area contributed by atoms with E-state index in [0.29, 0.717) is 16.7 Å². The van der Waals surface area contributed by atoms with E-state index >= 15 is 0 Å². The molecule has 0 aliphatic heterocycles. The molecule has 0 spiro atoms. The van der Waals surface area contributed by atoms with Gasteiger partial charge in [-0.1, -0.05) is 77.1 Å². The van der Waals surface area contributed by atoms with E-state index in [0.717, 1.165) is 0 Å². The summed E-state index contributed by atoms with van der Waals surface area (Å²) < 4.78 is 0. The van der Waals surface area contributed by atoms with Gasteiger partial charge in [0.25, 0.3) is 0 Å². The Morgan fingerprint density at radius 1 is 1.00 bits per heavy atom. The van der Waals surface area contributed by atoms with Gasteiger partial charge in [0.2, 0.25) is 5.91 Å². The van der Waals surface area contributed by atoms with Gasteiger partial charge in [-0.3, -0.25) is 14.4 Å². The lowest BCUT2D eigenvalue weighted by Crippen LogP contribution is -2.83. The lowest BCUT2D eigenvalue weighted by Gasteiger charge is -2.69. The largest absolute Gasteiger partial charge is 0.507 e. The number of fused-ring (bicyclic) bond motifs is 3. The Labute approximate surface area is 232 Å². The summed E-state index contributed by atoms with van der Waals surface area (Å²) in [5, 5.41) is 59.0. The van der Waals surface area contributed by atoms with Crippen molar-refractivity contribution >= 4 is 17.5 Å². The minimum Gasteiger partial charge on any atom is -0.507 e. The molecular weight excluding hydrogens is 514 g/mol. The van der Waals surface area contributed by atoms with Gasteiger partial charge in [0, 0.05) is 16.4 Å². The average molecular weight is 552 g/mol. The summed E-state index contributed by atoms with van der Waals surface area (Å²) in [6.45, 7) is 8.25. The van der Waals surface area contributed by atoms with Crippen LogP contribution in [0.1, 0.15) is 56.5 Å². The van der Waals surface area contributed by atoms with Gasteiger partial charge in [-0.2, -0.15) is 0 Å².